The summed E-state index contributed by atoms with van der Waals surface area (Å²) in [6.45, 7) is 4.49. The summed E-state index contributed by atoms with van der Waals surface area (Å²) < 4.78 is 36.1. The van der Waals surface area contributed by atoms with Crippen molar-refractivity contribution in [3.8, 4) is 11.4 Å². The van der Waals surface area contributed by atoms with Crippen molar-refractivity contribution in [1.29, 1.82) is 0 Å². The van der Waals surface area contributed by atoms with Crippen LogP contribution < -0.4 is 15.0 Å². The van der Waals surface area contributed by atoms with Crippen LogP contribution in [-0.2, 0) is 0 Å². The van der Waals surface area contributed by atoms with Gasteiger partial charge in [-0.2, -0.15) is 10.2 Å². The summed E-state index contributed by atoms with van der Waals surface area (Å²) in [6, 6.07) is 11.0. The van der Waals surface area contributed by atoms with Gasteiger partial charge < -0.3 is 15.0 Å². The molecule has 0 aliphatic rings. The van der Waals surface area contributed by atoms with Crippen molar-refractivity contribution >= 4 is 16.7 Å². The van der Waals surface area contributed by atoms with Crippen LogP contribution in [0.15, 0.2) is 42.5 Å². The molecule has 1 N–H and O–H groups in total. The number of para-hydroxylation sites is 2. The van der Waals surface area contributed by atoms with Crippen LogP contribution in [0, 0.1) is 25.5 Å². The maximum atomic E-state index is 14.0. The zero-order valence-corrected chi connectivity index (χ0v) is 19.9. The number of halogens is 2. The fourth-order valence-electron chi connectivity index (χ4n) is 4.06. The van der Waals surface area contributed by atoms with Crippen molar-refractivity contribution in [3.05, 3.63) is 71.1 Å². The summed E-state index contributed by atoms with van der Waals surface area (Å²) in [7, 11) is 5.62. The molecular formula is C25H28F2N6O. The molecular weight excluding hydrogens is 438 g/mol. The quantitative estimate of drug-likeness (QED) is 0.412. The van der Waals surface area contributed by atoms with E-state index in [1.807, 2.05) is 68.8 Å². The molecule has 2 heterocycles. The molecule has 4 rings (SSSR count). The lowest BCUT2D eigenvalue weighted by Gasteiger charge is -2.22. The zero-order chi connectivity index (χ0) is 24.4. The standard InChI is InChI=1S/C25H28F2N6O/c1-15-23-16(2)33(31-24(23)25(30-29-15)32(4)5)20-8-6-7-9-22(20)34-21(10-11-28-3)17-12-18(26)14-19(27)13-17/h6-9,12-14,21,28H,10-11H2,1-5H3. The van der Waals surface area contributed by atoms with Gasteiger partial charge in [-0.25, -0.2) is 13.5 Å². The maximum absolute atomic E-state index is 14.0. The summed E-state index contributed by atoms with van der Waals surface area (Å²) in [5.74, 6) is -0.0541. The van der Waals surface area contributed by atoms with E-state index in [0.717, 1.165) is 28.4 Å². The normalized spacial score (nSPS) is 12.2. The van der Waals surface area contributed by atoms with Gasteiger partial charge in [0.1, 0.15) is 34.7 Å². The summed E-state index contributed by atoms with van der Waals surface area (Å²) in [4.78, 5) is 1.88. The minimum absolute atomic E-state index is 0.434. The van der Waals surface area contributed by atoms with Gasteiger partial charge >= 0.3 is 0 Å². The van der Waals surface area contributed by atoms with E-state index in [0.29, 0.717) is 35.8 Å². The van der Waals surface area contributed by atoms with Gasteiger partial charge in [0.05, 0.1) is 16.8 Å². The molecule has 34 heavy (non-hydrogen) atoms. The number of hydrogen-bond donors (Lipinski definition) is 1. The molecule has 2 aromatic carbocycles. The molecule has 0 radical (unpaired) electrons. The largest absolute Gasteiger partial charge is 0.483 e. The van der Waals surface area contributed by atoms with Gasteiger partial charge in [0.15, 0.2) is 5.82 Å². The molecule has 9 heteroatoms. The second kappa shape index (κ2) is 9.72. The number of ether oxygens (including phenoxy) is 1. The molecule has 0 bridgehead atoms. The predicted octanol–water partition coefficient (Wildman–Crippen LogP) is 4.51. The lowest BCUT2D eigenvalue weighted by molar-refractivity contribution is 0.193. The van der Waals surface area contributed by atoms with E-state index < -0.39 is 17.7 Å². The van der Waals surface area contributed by atoms with Crippen LogP contribution in [0.25, 0.3) is 16.6 Å². The van der Waals surface area contributed by atoms with Crippen LogP contribution in [0.3, 0.4) is 0 Å². The third-order valence-corrected chi connectivity index (χ3v) is 5.68. The van der Waals surface area contributed by atoms with Crippen LogP contribution in [0.5, 0.6) is 5.75 Å². The molecule has 0 saturated carbocycles. The predicted molar refractivity (Wildman–Crippen MR) is 129 cm³/mol. The first-order valence-corrected chi connectivity index (χ1v) is 11.1. The molecule has 0 fully saturated rings. The monoisotopic (exact) mass is 466 g/mol. The van der Waals surface area contributed by atoms with E-state index in [9.17, 15) is 8.78 Å². The van der Waals surface area contributed by atoms with E-state index in [2.05, 4.69) is 15.5 Å². The highest BCUT2D eigenvalue weighted by atomic mass is 19.1. The Hall–Kier alpha value is -3.59. The first-order valence-electron chi connectivity index (χ1n) is 11.1. The van der Waals surface area contributed by atoms with Crippen LogP contribution in [0.1, 0.15) is 29.5 Å². The number of aromatic nitrogens is 4. The Morgan fingerprint density at radius 1 is 1.06 bits per heavy atom. The summed E-state index contributed by atoms with van der Waals surface area (Å²) in [5.41, 5.74) is 3.56. The Bertz CT molecular complexity index is 1300. The number of nitrogens with zero attached hydrogens (tertiary/aromatic N) is 5. The second-order valence-electron chi connectivity index (χ2n) is 8.39. The number of rotatable bonds is 8. The molecule has 0 amide bonds. The fourth-order valence-corrected chi connectivity index (χ4v) is 4.06. The maximum Gasteiger partial charge on any atom is 0.179 e. The molecule has 0 saturated heterocycles. The number of fused-ring (bicyclic) bond motifs is 1. The molecule has 178 valence electrons. The highest BCUT2D eigenvalue weighted by molar-refractivity contribution is 5.92. The Morgan fingerprint density at radius 3 is 2.44 bits per heavy atom. The first kappa shape index (κ1) is 23.6. The molecule has 0 spiro atoms. The van der Waals surface area contributed by atoms with Crippen molar-refractivity contribution in [2.75, 3.05) is 32.6 Å². The molecule has 2 aromatic heterocycles. The molecule has 7 nitrogen and oxygen atoms in total. The van der Waals surface area contributed by atoms with Gasteiger partial charge in [-0.1, -0.05) is 12.1 Å². The van der Waals surface area contributed by atoms with Gasteiger partial charge in [0.25, 0.3) is 0 Å². The SMILES string of the molecule is CNCCC(Oc1ccccc1-n1nc2c(N(C)C)nnc(C)c2c1C)c1cc(F)cc(F)c1. The lowest BCUT2D eigenvalue weighted by atomic mass is 10.1. The highest BCUT2D eigenvalue weighted by Gasteiger charge is 2.22. The van der Waals surface area contributed by atoms with E-state index in [4.69, 9.17) is 9.84 Å². The molecule has 1 atom stereocenters. The Labute approximate surface area is 197 Å². The van der Waals surface area contributed by atoms with Gasteiger partial charge in [0.2, 0.25) is 0 Å². The fraction of sp³-hybridized carbons (Fsp3) is 0.320. The van der Waals surface area contributed by atoms with Crippen LogP contribution in [0.4, 0.5) is 14.6 Å². The van der Waals surface area contributed by atoms with Gasteiger partial charge in [-0.3, -0.25) is 0 Å². The van der Waals surface area contributed by atoms with E-state index in [-0.39, 0.29) is 0 Å². The van der Waals surface area contributed by atoms with Crippen molar-refractivity contribution in [1.82, 2.24) is 25.3 Å². The van der Waals surface area contributed by atoms with Crippen molar-refractivity contribution in [3.63, 3.8) is 0 Å². The average molecular weight is 467 g/mol. The topological polar surface area (TPSA) is 68.1 Å². The van der Waals surface area contributed by atoms with Crippen molar-refractivity contribution < 1.29 is 13.5 Å². The highest BCUT2D eigenvalue weighted by Crippen LogP contribution is 2.34. The molecule has 4 aromatic rings. The van der Waals surface area contributed by atoms with Gasteiger partial charge in [-0.05, 0) is 57.3 Å². The lowest BCUT2D eigenvalue weighted by Crippen LogP contribution is -2.17. The minimum Gasteiger partial charge on any atom is -0.483 e. The molecule has 1 unspecified atom stereocenters. The van der Waals surface area contributed by atoms with E-state index in [1.54, 1.807) is 0 Å². The van der Waals surface area contributed by atoms with E-state index in [1.165, 1.54) is 12.1 Å². The zero-order valence-electron chi connectivity index (χ0n) is 19.9. The van der Waals surface area contributed by atoms with Crippen LogP contribution >= 0.6 is 0 Å². The van der Waals surface area contributed by atoms with Crippen LogP contribution in [0.2, 0.25) is 0 Å². The Balaban J connectivity index is 1.81. The first-order chi connectivity index (χ1) is 16.3. The minimum atomic E-state index is -0.637. The van der Waals surface area contributed by atoms with Crippen molar-refractivity contribution in [2.24, 2.45) is 0 Å². The summed E-state index contributed by atoms with van der Waals surface area (Å²) >= 11 is 0. The summed E-state index contributed by atoms with van der Waals surface area (Å²) in [6.07, 6.45) is -0.0441. The third kappa shape index (κ3) is 4.56. The number of hydrogen-bond acceptors (Lipinski definition) is 6. The average Bonchev–Trinajstić information content (AvgIpc) is 3.14. The van der Waals surface area contributed by atoms with Gasteiger partial charge in [0, 0.05) is 26.6 Å². The Morgan fingerprint density at radius 2 is 1.76 bits per heavy atom. The number of anilines is 1. The summed E-state index contributed by atoms with van der Waals surface area (Å²) in [5, 5.41) is 17.5. The Kier molecular flexibility index (Phi) is 6.74. The van der Waals surface area contributed by atoms with Gasteiger partial charge in [-0.15, -0.1) is 5.10 Å². The molecule has 0 aliphatic heterocycles. The second-order valence-corrected chi connectivity index (χ2v) is 8.39. The number of aryl methyl sites for hydroxylation is 2. The number of nitrogens with one attached hydrogen (secondary N) is 1. The third-order valence-electron chi connectivity index (χ3n) is 5.68. The van der Waals surface area contributed by atoms with Crippen LogP contribution in [-0.4, -0.2) is 47.7 Å². The number of benzene rings is 2. The van der Waals surface area contributed by atoms with E-state index >= 15 is 0 Å². The smallest absolute Gasteiger partial charge is 0.179 e. The molecule has 0 aliphatic carbocycles. The van der Waals surface area contributed by atoms with Crippen molar-refractivity contribution in [2.45, 2.75) is 26.4 Å².